The molecule has 1 unspecified atom stereocenters. The third-order valence-corrected chi connectivity index (χ3v) is 3.98. The minimum absolute atomic E-state index is 0.295. The summed E-state index contributed by atoms with van der Waals surface area (Å²) in [6.07, 6.45) is 5.17. The Morgan fingerprint density at radius 3 is 3.00 bits per heavy atom. The van der Waals surface area contributed by atoms with Crippen molar-refractivity contribution >= 4 is 23.2 Å². The fraction of sp³-hybridized carbons (Fsp3) is 0.571. The number of benzene rings is 1. The number of hydrogen-bond donors (Lipinski definition) is 0. The van der Waals surface area contributed by atoms with Crippen molar-refractivity contribution in [3.05, 3.63) is 28.3 Å². The van der Waals surface area contributed by atoms with E-state index in [9.17, 15) is 0 Å². The Labute approximate surface area is 113 Å². The van der Waals surface area contributed by atoms with Crippen LogP contribution in [0.4, 0.5) is 0 Å². The fourth-order valence-electron chi connectivity index (χ4n) is 2.25. The zero-order chi connectivity index (χ0) is 12.3. The number of halogens is 2. The van der Waals surface area contributed by atoms with E-state index in [0.29, 0.717) is 5.38 Å². The van der Waals surface area contributed by atoms with Crippen LogP contribution in [0, 0.1) is 0 Å². The Morgan fingerprint density at radius 2 is 2.24 bits per heavy atom. The Bertz CT molecular complexity index is 390. The molecule has 0 aromatic heterocycles. The topological polar surface area (TPSA) is 9.23 Å². The maximum atomic E-state index is 6.12. The van der Waals surface area contributed by atoms with Crippen molar-refractivity contribution in [1.82, 2.24) is 0 Å². The van der Waals surface area contributed by atoms with Crippen molar-refractivity contribution in [2.24, 2.45) is 0 Å². The van der Waals surface area contributed by atoms with E-state index in [1.54, 1.807) is 0 Å². The predicted molar refractivity (Wildman–Crippen MR) is 73.5 cm³/mol. The van der Waals surface area contributed by atoms with Crippen LogP contribution >= 0.6 is 23.2 Å². The van der Waals surface area contributed by atoms with Crippen molar-refractivity contribution < 1.29 is 4.74 Å². The largest absolute Gasteiger partial charge is 0.493 e. The van der Waals surface area contributed by atoms with Crippen LogP contribution in [0.2, 0.25) is 5.02 Å². The molecule has 17 heavy (non-hydrogen) atoms. The smallest absolute Gasteiger partial charge is 0.125 e. The first-order valence-electron chi connectivity index (χ1n) is 6.29. The first-order chi connectivity index (χ1) is 8.20. The molecule has 1 aliphatic rings. The van der Waals surface area contributed by atoms with Crippen molar-refractivity contribution in [3.63, 3.8) is 0 Å². The van der Waals surface area contributed by atoms with Gasteiger partial charge < -0.3 is 4.74 Å². The lowest BCUT2D eigenvalue weighted by Gasteiger charge is -2.10. The minimum atomic E-state index is 0.295. The molecule has 0 fully saturated rings. The van der Waals surface area contributed by atoms with Crippen LogP contribution < -0.4 is 4.74 Å². The molecule has 1 aromatic rings. The summed E-state index contributed by atoms with van der Waals surface area (Å²) in [6.45, 7) is 2.91. The van der Waals surface area contributed by atoms with E-state index in [4.69, 9.17) is 27.9 Å². The molecule has 0 aliphatic carbocycles. The van der Waals surface area contributed by atoms with E-state index in [1.165, 1.54) is 11.1 Å². The van der Waals surface area contributed by atoms with E-state index < -0.39 is 0 Å². The second kappa shape index (κ2) is 5.97. The number of rotatable bonds is 5. The molecule has 0 saturated carbocycles. The van der Waals surface area contributed by atoms with Crippen molar-refractivity contribution in [2.75, 3.05) is 6.61 Å². The van der Waals surface area contributed by atoms with Gasteiger partial charge in [0, 0.05) is 16.8 Å². The van der Waals surface area contributed by atoms with Gasteiger partial charge >= 0.3 is 0 Å². The molecule has 3 heteroatoms. The maximum absolute atomic E-state index is 6.12. The molecule has 0 spiro atoms. The van der Waals surface area contributed by atoms with E-state index >= 15 is 0 Å². The second-order valence-electron chi connectivity index (χ2n) is 4.55. The van der Waals surface area contributed by atoms with E-state index in [2.05, 4.69) is 6.92 Å². The van der Waals surface area contributed by atoms with Gasteiger partial charge in [0.1, 0.15) is 5.75 Å². The molecular weight excluding hydrogens is 255 g/mol. The molecule has 0 radical (unpaired) electrons. The first-order valence-corrected chi connectivity index (χ1v) is 7.10. The van der Waals surface area contributed by atoms with Crippen LogP contribution in [0.3, 0.4) is 0 Å². The highest BCUT2D eigenvalue weighted by molar-refractivity contribution is 6.30. The van der Waals surface area contributed by atoms with Crippen LogP contribution in [0.15, 0.2) is 12.1 Å². The molecule has 1 aromatic carbocycles. The molecule has 0 saturated heterocycles. The summed E-state index contributed by atoms with van der Waals surface area (Å²) in [5, 5.41) is 1.12. The normalized spacial score (nSPS) is 15.5. The SMILES string of the molecule is CCC(Cl)CCCc1cc(Cl)cc2c1OCC2. The number of aryl methyl sites for hydroxylation is 1. The minimum Gasteiger partial charge on any atom is -0.493 e. The van der Waals surface area contributed by atoms with Crippen LogP contribution in [-0.4, -0.2) is 12.0 Å². The van der Waals surface area contributed by atoms with Crippen LogP contribution in [0.5, 0.6) is 5.75 Å². The highest BCUT2D eigenvalue weighted by atomic mass is 35.5. The average molecular weight is 273 g/mol. The van der Waals surface area contributed by atoms with E-state index in [-0.39, 0.29) is 0 Å². The van der Waals surface area contributed by atoms with Gasteiger partial charge in [-0.3, -0.25) is 0 Å². The standard InChI is InChI=1S/C14H18Cl2O/c1-2-12(15)5-3-4-10-8-13(16)9-11-6-7-17-14(10)11/h8-9,12H,2-7H2,1H3. The summed E-state index contributed by atoms with van der Waals surface area (Å²) in [6, 6.07) is 4.05. The Morgan fingerprint density at radius 1 is 1.41 bits per heavy atom. The number of fused-ring (bicyclic) bond motifs is 1. The molecule has 0 bridgehead atoms. The monoisotopic (exact) mass is 272 g/mol. The summed E-state index contributed by atoms with van der Waals surface area (Å²) in [5.74, 6) is 1.07. The molecule has 2 rings (SSSR count). The Hall–Kier alpha value is -0.400. The molecule has 1 atom stereocenters. The van der Waals surface area contributed by atoms with E-state index in [0.717, 1.165) is 49.5 Å². The zero-order valence-corrected chi connectivity index (χ0v) is 11.7. The van der Waals surface area contributed by atoms with Gasteiger partial charge in [-0.2, -0.15) is 0 Å². The van der Waals surface area contributed by atoms with Crippen molar-refractivity contribution in [2.45, 2.75) is 44.4 Å². The summed E-state index contributed by atoms with van der Waals surface area (Å²) in [7, 11) is 0. The lowest BCUT2D eigenvalue weighted by molar-refractivity contribution is 0.353. The van der Waals surface area contributed by atoms with Gasteiger partial charge in [-0.15, -0.1) is 11.6 Å². The second-order valence-corrected chi connectivity index (χ2v) is 5.60. The lowest BCUT2D eigenvalue weighted by atomic mass is 10.0. The third kappa shape index (κ3) is 3.29. The number of ether oxygens (including phenoxy) is 1. The molecule has 94 valence electrons. The molecule has 0 N–H and O–H groups in total. The van der Waals surface area contributed by atoms with Crippen LogP contribution in [-0.2, 0) is 12.8 Å². The van der Waals surface area contributed by atoms with Gasteiger partial charge in [0.05, 0.1) is 6.61 Å². The fourth-order valence-corrected chi connectivity index (χ4v) is 2.67. The molecule has 1 heterocycles. The molecule has 1 aliphatic heterocycles. The zero-order valence-electron chi connectivity index (χ0n) is 10.1. The van der Waals surface area contributed by atoms with Crippen LogP contribution in [0.25, 0.3) is 0 Å². The highest BCUT2D eigenvalue weighted by Gasteiger charge is 2.17. The Kier molecular flexibility index (Phi) is 4.58. The Balaban J connectivity index is 2.01. The maximum Gasteiger partial charge on any atom is 0.125 e. The van der Waals surface area contributed by atoms with Crippen molar-refractivity contribution in [3.8, 4) is 5.75 Å². The number of alkyl halides is 1. The molecular formula is C14H18Cl2O. The van der Waals surface area contributed by atoms with Crippen molar-refractivity contribution in [1.29, 1.82) is 0 Å². The van der Waals surface area contributed by atoms with E-state index in [1.807, 2.05) is 12.1 Å². The highest BCUT2D eigenvalue weighted by Crippen LogP contribution is 2.33. The average Bonchev–Trinajstić information content (AvgIpc) is 2.76. The summed E-state index contributed by atoms with van der Waals surface area (Å²) < 4.78 is 5.68. The first kappa shape index (κ1) is 13.0. The van der Waals surface area contributed by atoms with Gasteiger partial charge in [-0.25, -0.2) is 0 Å². The predicted octanol–water partition coefficient (Wildman–Crippen LogP) is 4.62. The van der Waals surface area contributed by atoms with Crippen LogP contribution in [0.1, 0.15) is 37.3 Å². The number of hydrogen-bond acceptors (Lipinski definition) is 1. The third-order valence-electron chi connectivity index (χ3n) is 3.23. The summed E-state index contributed by atoms with van der Waals surface area (Å²) >= 11 is 12.2. The summed E-state index contributed by atoms with van der Waals surface area (Å²) in [5.41, 5.74) is 2.50. The van der Waals surface area contributed by atoms with Gasteiger partial charge in [-0.05, 0) is 48.9 Å². The van der Waals surface area contributed by atoms with Gasteiger partial charge in [0.2, 0.25) is 0 Å². The van der Waals surface area contributed by atoms with Gasteiger partial charge in [0.25, 0.3) is 0 Å². The lowest BCUT2D eigenvalue weighted by Crippen LogP contribution is -1.98. The molecule has 1 nitrogen and oxygen atoms in total. The summed E-state index contributed by atoms with van der Waals surface area (Å²) in [4.78, 5) is 0. The quantitative estimate of drug-likeness (QED) is 0.711. The van der Waals surface area contributed by atoms with Gasteiger partial charge in [-0.1, -0.05) is 18.5 Å². The van der Waals surface area contributed by atoms with Gasteiger partial charge in [0.15, 0.2) is 0 Å². The molecule has 0 amide bonds.